The SMILES string of the molecule is CC(C)CC([SiH3])OCCl. The van der Waals surface area contributed by atoms with Gasteiger partial charge in [-0.2, -0.15) is 0 Å². The van der Waals surface area contributed by atoms with Crippen molar-refractivity contribution in [2.45, 2.75) is 26.0 Å². The zero-order valence-electron chi connectivity index (χ0n) is 6.36. The van der Waals surface area contributed by atoms with Crippen LogP contribution in [0.4, 0.5) is 0 Å². The first kappa shape index (κ1) is 9.47. The minimum Gasteiger partial charge on any atom is -0.367 e. The van der Waals surface area contributed by atoms with Crippen molar-refractivity contribution in [2.75, 3.05) is 6.07 Å². The van der Waals surface area contributed by atoms with Crippen LogP contribution < -0.4 is 0 Å². The van der Waals surface area contributed by atoms with E-state index in [-0.39, 0.29) is 0 Å². The topological polar surface area (TPSA) is 9.23 Å². The minimum atomic E-state index is 0.348. The van der Waals surface area contributed by atoms with Crippen LogP contribution in [-0.2, 0) is 4.74 Å². The van der Waals surface area contributed by atoms with Gasteiger partial charge in [-0.05, 0) is 12.3 Å². The van der Waals surface area contributed by atoms with Gasteiger partial charge in [-0.25, -0.2) is 0 Å². The Morgan fingerprint density at radius 3 is 2.44 bits per heavy atom. The third kappa shape index (κ3) is 6.35. The summed E-state index contributed by atoms with van der Waals surface area (Å²) in [5, 5.41) is 0. The van der Waals surface area contributed by atoms with Gasteiger partial charge in [0.2, 0.25) is 0 Å². The molecule has 0 spiro atoms. The van der Waals surface area contributed by atoms with Crippen LogP contribution in [0.5, 0.6) is 0 Å². The van der Waals surface area contributed by atoms with Crippen molar-refractivity contribution < 1.29 is 4.74 Å². The van der Waals surface area contributed by atoms with E-state index in [4.69, 9.17) is 16.3 Å². The second kappa shape index (κ2) is 5.27. The third-order valence-corrected chi connectivity index (χ3v) is 2.08. The zero-order valence-corrected chi connectivity index (χ0v) is 9.11. The van der Waals surface area contributed by atoms with Crippen LogP contribution in [0.1, 0.15) is 20.3 Å². The van der Waals surface area contributed by atoms with E-state index >= 15 is 0 Å². The smallest absolute Gasteiger partial charge is 0.120 e. The van der Waals surface area contributed by atoms with Crippen LogP contribution in [-0.4, -0.2) is 22.0 Å². The molecule has 0 amide bonds. The van der Waals surface area contributed by atoms with Crippen LogP contribution in [0, 0.1) is 5.92 Å². The molecule has 0 aliphatic carbocycles. The van der Waals surface area contributed by atoms with Gasteiger partial charge in [-0.15, -0.1) is 0 Å². The van der Waals surface area contributed by atoms with Gasteiger partial charge in [0, 0.05) is 16.0 Å². The fourth-order valence-electron chi connectivity index (χ4n) is 0.839. The van der Waals surface area contributed by atoms with Crippen molar-refractivity contribution in [3.8, 4) is 0 Å². The molecule has 1 nitrogen and oxygen atoms in total. The maximum atomic E-state index is 5.38. The molecule has 0 bridgehead atoms. The highest BCUT2D eigenvalue weighted by Gasteiger charge is 2.02. The number of hydrogen-bond donors (Lipinski definition) is 0. The number of ether oxygens (including phenoxy) is 1. The van der Waals surface area contributed by atoms with Crippen molar-refractivity contribution >= 4 is 21.8 Å². The van der Waals surface area contributed by atoms with E-state index in [1.54, 1.807) is 0 Å². The van der Waals surface area contributed by atoms with Gasteiger partial charge in [0.25, 0.3) is 0 Å². The average molecular weight is 167 g/mol. The lowest BCUT2D eigenvalue weighted by Gasteiger charge is -2.12. The van der Waals surface area contributed by atoms with Crippen LogP contribution in [0.15, 0.2) is 0 Å². The van der Waals surface area contributed by atoms with E-state index in [1.165, 1.54) is 0 Å². The van der Waals surface area contributed by atoms with Gasteiger partial charge in [0.1, 0.15) is 6.07 Å². The van der Waals surface area contributed by atoms with Crippen molar-refractivity contribution in [3.63, 3.8) is 0 Å². The van der Waals surface area contributed by atoms with E-state index in [0.29, 0.717) is 11.8 Å². The number of alkyl halides is 1. The molecular weight excluding hydrogens is 152 g/mol. The van der Waals surface area contributed by atoms with Gasteiger partial charge in [-0.3, -0.25) is 0 Å². The predicted octanol–water partition coefficient (Wildman–Crippen LogP) is 0.937. The van der Waals surface area contributed by atoms with E-state index in [9.17, 15) is 0 Å². The van der Waals surface area contributed by atoms with Gasteiger partial charge >= 0.3 is 0 Å². The number of halogens is 1. The highest BCUT2D eigenvalue weighted by molar-refractivity contribution is 6.17. The molecule has 0 heterocycles. The predicted molar refractivity (Wildman–Crippen MR) is 45.0 cm³/mol. The summed E-state index contributed by atoms with van der Waals surface area (Å²) in [6, 6.07) is 0.348. The van der Waals surface area contributed by atoms with Gasteiger partial charge in [0.15, 0.2) is 0 Å². The first-order chi connectivity index (χ1) is 4.16. The second-order valence-electron chi connectivity index (χ2n) is 2.72. The summed E-state index contributed by atoms with van der Waals surface area (Å²) in [5.74, 6) is 0.732. The molecule has 3 heteroatoms. The highest BCUT2D eigenvalue weighted by atomic mass is 35.5. The monoisotopic (exact) mass is 166 g/mol. The van der Waals surface area contributed by atoms with Crippen molar-refractivity contribution in [2.24, 2.45) is 5.92 Å². The summed E-state index contributed by atoms with van der Waals surface area (Å²) < 4.78 is 5.18. The fourth-order valence-corrected chi connectivity index (χ4v) is 2.38. The first-order valence-electron chi connectivity index (χ1n) is 3.34. The summed E-state index contributed by atoms with van der Waals surface area (Å²) in [6.45, 7) is 4.39. The quantitative estimate of drug-likeness (QED) is 0.446. The van der Waals surface area contributed by atoms with Crippen molar-refractivity contribution in [1.82, 2.24) is 0 Å². The van der Waals surface area contributed by atoms with Crippen molar-refractivity contribution in [1.29, 1.82) is 0 Å². The molecule has 0 aliphatic heterocycles. The molecule has 0 aromatic heterocycles. The van der Waals surface area contributed by atoms with E-state index in [0.717, 1.165) is 22.6 Å². The molecule has 0 radical (unpaired) electrons. The lowest BCUT2D eigenvalue weighted by molar-refractivity contribution is 0.131. The van der Waals surface area contributed by atoms with Gasteiger partial charge in [-0.1, -0.05) is 25.4 Å². The van der Waals surface area contributed by atoms with Crippen molar-refractivity contribution in [3.05, 3.63) is 0 Å². The molecule has 0 rings (SSSR count). The molecule has 0 saturated heterocycles. The molecule has 1 unspecified atom stereocenters. The summed E-state index contributed by atoms with van der Waals surface area (Å²) in [6.07, 6.45) is 1.15. The average Bonchev–Trinajstić information content (AvgIpc) is 1.63. The summed E-state index contributed by atoms with van der Waals surface area (Å²) >= 11 is 5.38. The standard InChI is InChI=1S/C6H15ClOSi/c1-5(2)3-6(9)8-4-7/h5-6H,3-4H2,1-2,9H3. The Balaban J connectivity index is 3.15. The Bertz CT molecular complexity index is 68.1. The maximum Gasteiger partial charge on any atom is 0.120 e. The molecule has 0 aromatic rings. The molecule has 0 saturated carbocycles. The Morgan fingerprint density at radius 1 is 1.56 bits per heavy atom. The molecule has 0 aromatic carbocycles. The number of hydrogen-bond acceptors (Lipinski definition) is 1. The zero-order chi connectivity index (χ0) is 7.28. The lowest BCUT2D eigenvalue weighted by atomic mass is 10.1. The molecule has 0 fully saturated rings. The molecule has 0 aliphatic rings. The number of rotatable bonds is 4. The Labute approximate surface area is 65.2 Å². The Kier molecular flexibility index (Phi) is 5.54. The fraction of sp³-hybridized carbons (Fsp3) is 1.00. The van der Waals surface area contributed by atoms with Crippen LogP contribution >= 0.6 is 11.6 Å². The molecule has 56 valence electrons. The first-order valence-corrected chi connectivity index (χ1v) is 5.03. The summed E-state index contributed by atoms with van der Waals surface area (Å²) in [4.78, 5) is 0. The molecule has 9 heavy (non-hydrogen) atoms. The van der Waals surface area contributed by atoms with E-state index in [1.807, 2.05) is 0 Å². The second-order valence-corrected chi connectivity index (χ2v) is 4.22. The Hall–Kier alpha value is 0.467. The van der Waals surface area contributed by atoms with Gasteiger partial charge in [0.05, 0.1) is 0 Å². The maximum absolute atomic E-state index is 5.38. The van der Waals surface area contributed by atoms with E-state index < -0.39 is 0 Å². The van der Waals surface area contributed by atoms with Crippen LogP contribution in [0.2, 0.25) is 0 Å². The van der Waals surface area contributed by atoms with Gasteiger partial charge < -0.3 is 4.74 Å². The normalized spacial score (nSPS) is 14.7. The molecule has 1 atom stereocenters. The van der Waals surface area contributed by atoms with E-state index in [2.05, 4.69) is 13.8 Å². The summed E-state index contributed by atoms with van der Waals surface area (Å²) in [7, 11) is 1.09. The third-order valence-electron chi connectivity index (χ3n) is 1.15. The molecular formula is C6H15ClOSi. The minimum absolute atomic E-state index is 0.348. The largest absolute Gasteiger partial charge is 0.367 e. The highest BCUT2D eigenvalue weighted by Crippen LogP contribution is 2.04. The van der Waals surface area contributed by atoms with Crippen LogP contribution in [0.3, 0.4) is 0 Å². The lowest BCUT2D eigenvalue weighted by Crippen LogP contribution is -2.14. The Morgan fingerprint density at radius 2 is 2.11 bits per heavy atom. The summed E-state index contributed by atoms with van der Waals surface area (Å²) in [5.41, 5.74) is 0.447. The molecule has 0 N–H and O–H groups in total. The van der Waals surface area contributed by atoms with Crippen LogP contribution in [0.25, 0.3) is 0 Å².